The zero-order valence-corrected chi connectivity index (χ0v) is 12.0. The van der Waals surface area contributed by atoms with Crippen LogP contribution in [-0.2, 0) is 10.0 Å². The molecule has 0 aromatic heterocycles. The van der Waals surface area contributed by atoms with Gasteiger partial charge in [-0.1, -0.05) is 0 Å². The summed E-state index contributed by atoms with van der Waals surface area (Å²) in [5.74, 6) is -0.684. The van der Waals surface area contributed by atoms with Gasteiger partial charge in [-0.05, 0) is 43.5 Å². The molecule has 1 aromatic carbocycles. The number of carbonyl (C=O) groups excluding carboxylic acids is 1. The lowest BCUT2D eigenvalue weighted by atomic mass is 10.0. The fraction of sp³-hybridized carbons (Fsp3) is 0.462. The molecule has 1 aromatic rings. The second-order valence-corrected chi connectivity index (χ2v) is 6.91. The van der Waals surface area contributed by atoms with Gasteiger partial charge in [0, 0.05) is 18.7 Å². The molecule has 2 N–H and O–H groups in total. The molecular weight excluding hydrogens is 283 g/mol. The van der Waals surface area contributed by atoms with Crippen LogP contribution in [0, 0.1) is 12.7 Å². The summed E-state index contributed by atoms with van der Waals surface area (Å²) in [6.07, 6.45) is 1.05. The molecule has 1 aliphatic heterocycles. The third-order valence-corrected chi connectivity index (χ3v) is 4.86. The van der Waals surface area contributed by atoms with Gasteiger partial charge in [0.05, 0.1) is 5.25 Å². The fourth-order valence-corrected chi connectivity index (χ4v) is 3.31. The summed E-state index contributed by atoms with van der Waals surface area (Å²) < 4.78 is 35.8. The number of hydrogen-bond donors (Lipinski definition) is 1. The minimum absolute atomic E-state index is 0.0917. The minimum atomic E-state index is -3.65. The minimum Gasteiger partial charge on any atom is -0.337 e. The van der Waals surface area contributed by atoms with Crippen molar-refractivity contribution in [1.82, 2.24) is 4.90 Å². The number of likely N-dealkylation sites (tertiary alicyclic amines) is 1. The summed E-state index contributed by atoms with van der Waals surface area (Å²) in [6.45, 7) is 2.23. The van der Waals surface area contributed by atoms with Gasteiger partial charge in [-0.3, -0.25) is 4.79 Å². The van der Waals surface area contributed by atoms with E-state index in [0.29, 0.717) is 30.5 Å². The van der Waals surface area contributed by atoms with Gasteiger partial charge >= 0.3 is 0 Å². The number of primary sulfonamides is 1. The molecule has 20 heavy (non-hydrogen) atoms. The van der Waals surface area contributed by atoms with Gasteiger partial charge in [0.2, 0.25) is 10.0 Å². The Labute approximate surface area is 117 Å². The lowest BCUT2D eigenvalue weighted by molar-refractivity contribution is 0.0726. The highest BCUT2D eigenvalue weighted by molar-refractivity contribution is 7.89. The first-order chi connectivity index (χ1) is 9.29. The Morgan fingerprint density at radius 3 is 2.75 bits per heavy atom. The van der Waals surface area contributed by atoms with Gasteiger partial charge in [0.25, 0.3) is 5.91 Å². The number of halogens is 1. The smallest absolute Gasteiger partial charge is 0.254 e. The fourth-order valence-electron chi connectivity index (χ4n) is 2.43. The molecule has 2 rings (SSSR count). The molecule has 1 heterocycles. The summed E-state index contributed by atoms with van der Waals surface area (Å²) >= 11 is 0. The average Bonchev–Trinajstić information content (AvgIpc) is 2.37. The molecular formula is C13H17FN2O3S. The SMILES string of the molecule is Cc1cc(F)ccc1C(=O)N1CCCC(S(N)(=O)=O)C1. The summed E-state index contributed by atoms with van der Waals surface area (Å²) in [6, 6.07) is 3.93. The van der Waals surface area contributed by atoms with Crippen molar-refractivity contribution in [2.75, 3.05) is 13.1 Å². The zero-order valence-electron chi connectivity index (χ0n) is 11.2. The molecule has 0 aliphatic carbocycles. The van der Waals surface area contributed by atoms with E-state index in [4.69, 9.17) is 5.14 Å². The quantitative estimate of drug-likeness (QED) is 0.885. The summed E-state index contributed by atoms with van der Waals surface area (Å²) in [5.41, 5.74) is 0.925. The number of carbonyl (C=O) groups is 1. The normalized spacial score (nSPS) is 19.9. The van der Waals surface area contributed by atoms with Crippen LogP contribution >= 0.6 is 0 Å². The molecule has 1 unspecified atom stereocenters. The Kier molecular flexibility index (Phi) is 4.10. The molecule has 0 spiro atoms. The van der Waals surface area contributed by atoms with Gasteiger partial charge < -0.3 is 4.90 Å². The molecule has 1 fully saturated rings. The molecule has 0 bridgehead atoms. The van der Waals surface area contributed by atoms with Crippen LogP contribution < -0.4 is 5.14 Å². The van der Waals surface area contributed by atoms with Crippen LogP contribution in [0.5, 0.6) is 0 Å². The first kappa shape index (κ1) is 14.9. The maximum Gasteiger partial charge on any atom is 0.254 e. The highest BCUT2D eigenvalue weighted by Crippen LogP contribution is 2.19. The molecule has 5 nitrogen and oxygen atoms in total. The largest absolute Gasteiger partial charge is 0.337 e. The van der Waals surface area contributed by atoms with Crippen LogP contribution in [0.15, 0.2) is 18.2 Å². The standard InChI is InChI=1S/C13H17FN2O3S/c1-9-7-10(14)4-5-12(9)13(17)16-6-2-3-11(8-16)20(15,18)19/h4-5,7,11H,2-3,6,8H2,1H3,(H2,15,18,19). The number of piperidine rings is 1. The summed E-state index contributed by atoms with van der Waals surface area (Å²) in [5, 5.41) is 4.42. The number of nitrogens with zero attached hydrogens (tertiary/aromatic N) is 1. The van der Waals surface area contributed by atoms with E-state index in [1.165, 1.54) is 23.1 Å². The van der Waals surface area contributed by atoms with Crippen molar-refractivity contribution >= 4 is 15.9 Å². The Hall–Kier alpha value is -1.47. The number of amides is 1. The van der Waals surface area contributed by atoms with Crippen molar-refractivity contribution in [3.05, 3.63) is 35.1 Å². The predicted octanol–water partition coefficient (Wildman–Crippen LogP) is 1.03. The maximum atomic E-state index is 13.1. The number of rotatable bonds is 2. The Morgan fingerprint density at radius 2 is 2.15 bits per heavy atom. The highest BCUT2D eigenvalue weighted by atomic mass is 32.2. The number of hydrogen-bond acceptors (Lipinski definition) is 3. The molecule has 110 valence electrons. The number of nitrogens with two attached hydrogens (primary N) is 1. The van der Waals surface area contributed by atoms with Crippen molar-refractivity contribution < 1.29 is 17.6 Å². The summed E-state index contributed by atoms with van der Waals surface area (Å²) in [4.78, 5) is 13.8. The highest BCUT2D eigenvalue weighted by Gasteiger charge is 2.31. The van der Waals surface area contributed by atoms with E-state index in [1.54, 1.807) is 6.92 Å². The van der Waals surface area contributed by atoms with Gasteiger partial charge in [0.15, 0.2) is 0 Å². The van der Waals surface area contributed by atoms with Crippen LogP contribution in [0.2, 0.25) is 0 Å². The Bertz CT molecular complexity index is 631. The van der Waals surface area contributed by atoms with Crippen molar-refractivity contribution in [1.29, 1.82) is 0 Å². The molecule has 0 radical (unpaired) electrons. The van der Waals surface area contributed by atoms with Gasteiger partial charge in [0.1, 0.15) is 5.82 Å². The molecule has 1 saturated heterocycles. The first-order valence-electron chi connectivity index (χ1n) is 6.36. The Balaban J connectivity index is 2.21. The van der Waals surface area contributed by atoms with Crippen LogP contribution in [-0.4, -0.2) is 37.6 Å². The van der Waals surface area contributed by atoms with Crippen molar-refractivity contribution in [3.8, 4) is 0 Å². The summed E-state index contributed by atoms with van der Waals surface area (Å²) in [7, 11) is -3.65. The third-order valence-electron chi connectivity index (χ3n) is 3.55. The molecule has 1 atom stereocenters. The van der Waals surface area contributed by atoms with Crippen LogP contribution in [0.3, 0.4) is 0 Å². The van der Waals surface area contributed by atoms with Gasteiger partial charge in [-0.2, -0.15) is 0 Å². The van der Waals surface area contributed by atoms with E-state index in [-0.39, 0.29) is 12.5 Å². The topological polar surface area (TPSA) is 80.5 Å². The average molecular weight is 300 g/mol. The van der Waals surface area contributed by atoms with Crippen LogP contribution in [0.4, 0.5) is 4.39 Å². The number of sulfonamides is 1. The van der Waals surface area contributed by atoms with E-state index in [0.717, 1.165) is 0 Å². The third kappa shape index (κ3) is 3.16. The number of benzene rings is 1. The Morgan fingerprint density at radius 1 is 1.45 bits per heavy atom. The molecule has 1 amide bonds. The van der Waals surface area contributed by atoms with Crippen LogP contribution in [0.1, 0.15) is 28.8 Å². The van der Waals surface area contributed by atoms with E-state index >= 15 is 0 Å². The monoisotopic (exact) mass is 300 g/mol. The predicted molar refractivity (Wildman–Crippen MR) is 73.2 cm³/mol. The lowest BCUT2D eigenvalue weighted by Crippen LogP contribution is -2.47. The maximum absolute atomic E-state index is 13.1. The van der Waals surface area contributed by atoms with Crippen molar-refractivity contribution in [2.24, 2.45) is 5.14 Å². The zero-order chi connectivity index (χ0) is 14.9. The van der Waals surface area contributed by atoms with Crippen molar-refractivity contribution in [3.63, 3.8) is 0 Å². The first-order valence-corrected chi connectivity index (χ1v) is 7.97. The van der Waals surface area contributed by atoms with Gasteiger partial charge in [-0.15, -0.1) is 0 Å². The van der Waals surface area contributed by atoms with E-state index in [1.807, 2.05) is 0 Å². The van der Waals surface area contributed by atoms with E-state index in [2.05, 4.69) is 0 Å². The molecule has 0 saturated carbocycles. The second kappa shape index (κ2) is 5.49. The lowest BCUT2D eigenvalue weighted by Gasteiger charge is -2.31. The second-order valence-electron chi connectivity index (χ2n) is 5.06. The van der Waals surface area contributed by atoms with E-state index < -0.39 is 21.1 Å². The molecule has 1 aliphatic rings. The number of aryl methyl sites for hydroxylation is 1. The van der Waals surface area contributed by atoms with Gasteiger partial charge in [-0.25, -0.2) is 17.9 Å². The van der Waals surface area contributed by atoms with E-state index in [9.17, 15) is 17.6 Å². The van der Waals surface area contributed by atoms with Crippen LogP contribution in [0.25, 0.3) is 0 Å². The van der Waals surface area contributed by atoms with Crippen molar-refractivity contribution in [2.45, 2.75) is 25.0 Å². The molecule has 7 heteroatoms.